The average Bonchev–Trinajstić information content (AvgIpc) is 2.93. The Bertz CT molecular complexity index is 859. The standard InChI is InChI=1S/C21H27N3O/c1-5-23(6-2)21(25)16-11-18-17-9-7-8-15-10-14(3)24(20(15)17)13-19(18)22(4)12-16/h7-11,16,19H,5-6,12-13H2,1-4H3/t16-,19?/m1/s1. The Morgan fingerprint density at radius 3 is 2.72 bits per heavy atom. The number of fused-ring (bicyclic) bond motifs is 2. The molecule has 1 aromatic carbocycles. The number of hydrogen-bond donors (Lipinski definition) is 0. The summed E-state index contributed by atoms with van der Waals surface area (Å²) in [6, 6.07) is 9.17. The Hall–Kier alpha value is -2.07. The minimum Gasteiger partial charge on any atom is -0.343 e. The number of para-hydroxylation sites is 1. The molecule has 4 heteroatoms. The fraction of sp³-hybridized carbons (Fsp3) is 0.476. The lowest BCUT2D eigenvalue weighted by atomic mass is 9.85. The molecule has 2 atom stereocenters. The van der Waals surface area contributed by atoms with E-state index >= 15 is 0 Å². The van der Waals surface area contributed by atoms with Gasteiger partial charge in [0.15, 0.2) is 0 Å². The molecule has 2 aliphatic heterocycles. The van der Waals surface area contributed by atoms with Crippen molar-refractivity contribution in [2.45, 2.75) is 33.4 Å². The number of aromatic nitrogens is 1. The lowest BCUT2D eigenvalue weighted by Gasteiger charge is -2.41. The SMILES string of the molecule is CCN(CC)C(=O)[C@@H]1C=C2c3cccc4cc(C)n(c34)CC2N(C)C1. The van der Waals surface area contributed by atoms with Crippen molar-refractivity contribution in [3.05, 3.63) is 41.6 Å². The van der Waals surface area contributed by atoms with Crippen molar-refractivity contribution in [2.24, 2.45) is 5.92 Å². The third-order valence-electron chi connectivity index (χ3n) is 5.94. The van der Waals surface area contributed by atoms with Crippen LogP contribution < -0.4 is 0 Å². The van der Waals surface area contributed by atoms with Crippen LogP contribution >= 0.6 is 0 Å². The van der Waals surface area contributed by atoms with Gasteiger partial charge < -0.3 is 9.47 Å². The molecule has 132 valence electrons. The first-order valence-corrected chi connectivity index (χ1v) is 9.35. The number of amides is 1. The number of hydrogen-bond acceptors (Lipinski definition) is 2. The van der Waals surface area contributed by atoms with E-state index in [0.29, 0.717) is 6.04 Å². The van der Waals surface area contributed by atoms with E-state index in [0.717, 1.165) is 26.2 Å². The van der Waals surface area contributed by atoms with E-state index in [-0.39, 0.29) is 11.8 Å². The van der Waals surface area contributed by atoms with Gasteiger partial charge in [-0.1, -0.05) is 24.3 Å². The molecule has 2 aromatic rings. The van der Waals surface area contributed by atoms with E-state index in [4.69, 9.17) is 0 Å². The summed E-state index contributed by atoms with van der Waals surface area (Å²) in [7, 11) is 2.16. The van der Waals surface area contributed by atoms with Gasteiger partial charge in [0.1, 0.15) is 0 Å². The van der Waals surface area contributed by atoms with Crippen LogP contribution in [0.25, 0.3) is 16.5 Å². The third kappa shape index (κ3) is 2.43. The number of aryl methyl sites for hydroxylation is 1. The fourth-order valence-corrected chi connectivity index (χ4v) is 4.58. The molecule has 25 heavy (non-hydrogen) atoms. The van der Waals surface area contributed by atoms with E-state index in [1.165, 1.54) is 27.7 Å². The molecule has 3 heterocycles. The zero-order valence-electron chi connectivity index (χ0n) is 15.6. The maximum atomic E-state index is 12.9. The summed E-state index contributed by atoms with van der Waals surface area (Å²) in [5.41, 5.74) is 5.27. The Labute approximate surface area is 149 Å². The summed E-state index contributed by atoms with van der Waals surface area (Å²) in [5, 5.41) is 1.30. The van der Waals surface area contributed by atoms with Gasteiger partial charge in [0, 0.05) is 42.8 Å². The zero-order valence-corrected chi connectivity index (χ0v) is 15.6. The highest BCUT2D eigenvalue weighted by Crippen LogP contribution is 2.39. The van der Waals surface area contributed by atoms with Gasteiger partial charge in [-0.15, -0.1) is 0 Å². The van der Waals surface area contributed by atoms with Crippen molar-refractivity contribution in [1.29, 1.82) is 0 Å². The van der Waals surface area contributed by atoms with Crippen molar-refractivity contribution in [2.75, 3.05) is 26.7 Å². The molecule has 0 bridgehead atoms. The highest BCUT2D eigenvalue weighted by atomic mass is 16.2. The molecule has 0 fully saturated rings. The molecule has 0 radical (unpaired) electrons. The van der Waals surface area contributed by atoms with Crippen molar-refractivity contribution in [3.63, 3.8) is 0 Å². The van der Waals surface area contributed by atoms with Crippen LogP contribution in [0.3, 0.4) is 0 Å². The first kappa shape index (κ1) is 16.4. The van der Waals surface area contributed by atoms with E-state index in [9.17, 15) is 4.79 Å². The van der Waals surface area contributed by atoms with Gasteiger partial charge in [-0.2, -0.15) is 0 Å². The summed E-state index contributed by atoms with van der Waals surface area (Å²) < 4.78 is 2.44. The summed E-state index contributed by atoms with van der Waals surface area (Å²) in [5.74, 6) is 0.209. The molecule has 0 spiro atoms. The minimum absolute atomic E-state index is 0.0472. The van der Waals surface area contributed by atoms with Crippen molar-refractivity contribution in [3.8, 4) is 0 Å². The van der Waals surface area contributed by atoms with Crippen molar-refractivity contribution >= 4 is 22.4 Å². The summed E-state index contributed by atoms with van der Waals surface area (Å²) >= 11 is 0. The second kappa shape index (κ2) is 6.03. The van der Waals surface area contributed by atoms with Crippen LogP contribution in [0, 0.1) is 12.8 Å². The average molecular weight is 337 g/mol. The first-order chi connectivity index (χ1) is 12.0. The Kier molecular flexibility index (Phi) is 3.95. The summed E-state index contributed by atoms with van der Waals surface area (Å²) in [4.78, 5) is 17.2. The van der Waals surface area contributed by atoms with Gasteiger partial charge in [0.25, 0.3) is 0 Å². The third-order valence-corrected chi connectivity index (χ3v) is 5.94. The summed E-state index contributed by atoms with van der Waals surface area (Å²) in [6.45, 7) is 9.63. The number of carbonyl (C=O) groups excluding carboxylic acids is 1. The zero-order chi connectivity index (χ0) is 17.7. The number of benzene rings is 1. The molecule has 0 saturated carbocycles. The van der Waals surface area contributed by atoms with Crippen LogP contribution in [0.2, 0.25) is 0 Å². The van der Waals surface area contributed by atoms with Crippen LogP contribution in [0.1, 0.15) is 25.1 Å². The maximum absolute atomic E-state index is 12.9. The molecule has 1 amide bonds. The molecule has 4 nitrogen and oxygen atoms in total. The largest absolute Gasteiger partial charge is 0.343 e. The van der Waals surface area contributed by atoms with Gasteiger partial charge in [0.2, 0.25) is 5.91 Å². The molecule has 0 N–H and O–H groups in total. The second-order valence-corrected chi connectivity index (χ2v) is 7.33. The smallest absolute Gasteiger partial charge is 0.230 e. The number of rotatable bonds is 3. The van der Waals surface area contributed by atoms with E-state index in [2.05, 4.69) is 67.6 Å². The maximum Gasteiger partial charge on any atom is 0.230 e. The van der Waals surface area contributed by atoms with Crippen LogP contribution in [-0.4, -0.2) is 53.0 Å². The Morgan fingerprint density at radius 2 is 2.00 bits per heavy atom. The van der Waals surface area contributed by atoms with Gasteiger partial charge in [0.05, 0.1) is 17.5 Å². The molecular formula is C21H27N3O. The van der Waals surface area contributed by atoms with Gasteiger partial charge in [-0.05, 0) is 39.5 Å². The van der Waals surface area contributed by atoms with Crippen LogP contribution in [0.4, 0.5) is 0 Å². The lowest BCUT2D eigenvalue weighted by molar-refractivity contribution is -0.134. The molecule has 2 aliphatic rings. The summed E-state index contributed by atoms with van der Waals surface area (Å²) in [6.07, 6.45) is 2.26. The number of nitrogens with zero attached hydrogens (tertiary/aromatic N) is 3. The molecule has 1 unspecified atom stereocenters. The fourth-order valence-electron chi connectivity index (χ4n) is 4.58. The highest BCUT2D eigenvalue weighted by molar-refractivity contribution is 5.96. The highest BCUT2D eigenvalue weighted by Gasteiger charge is 2.36. The second-order valence-electron chi connectivity index (χ2n) is 7.33. The van der Waals surface area contributed by atoms with E-state index < -0.39 is 0 Å². The molecule has 4 rings (SSSR count). The van der Waals surface area contributed by atoms with Crippen molar-refractivity contribution < 1.29 is 4.79 Å². The number of likely N-dealkylation sites (N-methyl/N-ethyl adjacent to an activating group) is 1. The normalized spacial score (nSPS) is 22.6. The number of carbonyl (C=O) groups is 1. The van der Waals surface area contributed by atoms with E-state index in [1.807, 2.05) is 4.90 Å². The topological polar surface area (TPSA) is 28.5 Å². The van der Waals surface area contributed by atoms with Crippen molar-refractivity contribution in [1.82, 2.24) is 14.4 Å². The van der Waals surface area contributed by atoms with Crippen LogP contribution in [-0.2, 0) is 11.3 Å². The molecule has 1 aromatic heterocycles. The van der Waals surface area contributed by atoms with E-state index in [1.54, 1.807) is 0 Å². The Balaban J connectivity index is 1.83. The molecule has 0 aliphatic carbocycles. The monoisotopic (exact) mass is 337 g/mol. The van der Waals surface area contributed by atoms with Gasteiger partial charge in [-0.25, -0.2) is 0 Å². The molecular weight excluding hydrogens is 310 g/mol. The van der Waals surface area contributed by atoms with Gasteiger partial charge >= 0.3 is 0 Å². The van der Waals surface area contributed by atoms with Gasteiger partial charge in [-0.3, -0.25) is 9.69 Å². The lowest BCUT2D eigenvalue weighted by Crippen LogP contribution is -2.48. The minimum atomic E-state index is -0.0472. The quantitative estimate of drug-likeness (QED) is 0.861. The Morgan fingerprint density at radius 1 is 1.24 bits per heavy atom. The predicted molar refractivity (Wildman–Crippen MR) is 102 cm³/mol. The first-order valence-electron chi connectivity index (χ1n) is 9.35. The van der Waals surface area contributed by atoms with Crippen LogP contribution in [0.5, 0.6) is 0 Å². The van der Waals surface area contributed by atoms with Crippen LogP contribution in [0.15, 0.2) is 30.3 Å². The molecule has 0 saturated heterocycles. The predicted octanol–water partition coefficient (Wildman–Crippen LogP) is 3.15.